The van der Waals surface area contributed by atoms with Crippen molar-refractivity contribution in [3.63, 3.8) is 0 Å². The van der Waals surface area contributed by atoms with Crippen LogP contribution in [0.3, 0.4) is 0 Å². The Morgan fingerprint density at radius 3 is 2.62 bits per heavy atom. The first kappa shape index (κ1) is 14.6. The highest BCUT2D eigenvalue weighted by Crippen LogP contribution is 2.29. The van der Waals surface area contributed by atoms with Crippen molar-refractivity contribution < 1.29 is 4.79 Å². The van der Waals surface area contributed by atoms with Gasteiger partial charge in [0.2, 0.25) is 5.78 Å². The first-order valence-electron chi connectivity index (χ1n) is 6.02. The number of carbonyl (C=O) groups excluding carboxylic acids is 1. The van der Waals surface area contributed by atoms with Crippen LogP contribution in [-0.2, 0) is 0 Å². The van der Waals surface area contributed by atoms with Crippen LogP contribution in [0.5, 0.6) is 0 Å². The lowest BCUT2D eigenvalue weighted by molar-refractivity contribution is 0.104. The maximum absolute atomic E-state index is 12.2. The van der Waals surface area contributed by atoms with Gasteiger partial charge in [0.05, 0.1) is 0 Å². The predicted octanol–water partition coefficient (Wildman–Crippen LogP) is 2.41. The van der Waals surface area contributed by atoms with Crippen LogP contribution in [0, 0.1) is 11.3 Å². The summed E-state index contributed by atoms with van der Waals surface area (Å²) in [7, 11) is 0. The van der Waals surface area contributed by atoms with Gasteiger partial charge in [-0.2, -0.15) is 5.26 Å². The second-order valence-corrected chi connectivity index (χ2v) is 5.22. The zero-order chi connectivity index (χ0) is 15.4. The highest BCUT2D eigenvalue weighted by Gasteiger charge is 2.21. The van der Waals surface area contributed by atoms with Crippen molar-refractivity contribution in [2.45, 2.75) is 6.92 Å². The molecule has 106 valence electrons. The monoisotopic (exact) mass is 299 g/mol. The Bertz CT molecular complexity index is 738. The highest BCUT2D eigenvalue weighted by atomic mass is 32.1. The van der Waals surface area contributed by atoms with E-state index in [-0.39, 0.29) is 22.0 Å². The Balaban J connectivity index is 2.30. The number of aromatic nitrogens is 1. The van der Waals surface area contributed by atoms with Gasteiger partial charge in [-0.1, -0.05) is 29.5 Å². The number of allylic oxidation sites excluding steroid dienone is 2. The summed E-state index contributed by atoms with van der Waals surface area (Å²) in [5.74, 6) is -0.425. The Morgan fingerprint density at radius 2 is 2.05 bits per heavy atom. The summed E-state index contributed by atoms with van der Waals surface area (Å²) in [6, 6.07) is 11.2. The van der Waals surface area contributed by atoms with Crippen LogP contribution in [0.15, 0.2) is 41.6 Å². The third-order valence-electron chi connectivity index (χ3n) is 2.62. The molecule has 0 radical (unpaired) electrons. The summed E-state index contributed by atoms with van der Waals surface area (Å²) in [5.41, 5.74) is 12.2. The lowest BCUT2D eigenvalue weighted by Crippen LogP contribution is -2.08. The molecule has 0 aliphatic carbocycles. The smallest absolute Gasteiger partial charge is 0.219 e. The number of nitrogens with one attached hydrogen (secondary N) is 1. The van der Waals surface area contributed by atoms with Gasteiger partial charge in [-0.25, -0.2) is 4.98 Å². The Labute approximate surface area is 125 Å². The molecule has 0 saturated carbocycles. The van der Waals surface area contributed by atoms with Crippen molar-refractivity contribution in [2.75, 3.05) is 11.1 Å². The second kappa shape index (κ2) is 6.07. The van der Waals surface area contributed by atoms with Gasteiger partial charge in [-0.3, -0.25) is 4.79 Å². The fourth-order valence-corrected chi connectivity index (χ4v) is 2.48. The van der Waals surface area contributed by atoms with Crippen LogP contribution in [0.2, 0.25) is 0 Å². The van der Waals surface area contributed by atoms with E-state index in [1.807, 2.05) is 30.3 Å². The number of benzene rings is 1. The minimum absolute atomic E-state index is 0.0810. The molecule has 0 fully saturated rings. The molecule has 5 N–H and O–H groups in total. The molecule has 0 atom stereocenters. The molecule has 1 heterocycles. The van der Waals surface area contributed by atoms with Crippen molar-refractivity contribution in [1.29, 1.82) is 5.26 Å². The number of Topliss-reactive ketones (excluding diaryl/α,β-unsaturated/α-hetero) is 1. The summed E-state index contributed by atoms with van der Waals surface area (Å²) >= 11 is 1.09. The number of anilines is 3. The predicted molar refractivity (Wildman–Crippen MR) is 83.1 cm³/mol. The van der Waals surface area contributed by atoms with Gasteiger partial charge in [0.25, 0.3) is 0 Å². The number of para-hydroxylation sites is 1. The average molecular weight is 299 g/mol. The number of thiazole rings is 1. The van der Waals surface area contributed by atoms with E-state index in [1.165, 1.54) is 6.92 Å². The summed E-state index contributed by atoms with van der Waals surface area (Å²) < 4.78 is 0. The van der Waals surface area contributed by atoms with Gasteiger partial charge >= 0.3 is 0 Å². The Kier molecular flexibility index (Phi) is 4.21. The zero-order valence-electron chi connectivity index (χ0n) is 11.3. The van der Waals surface area contributed by atoms with Crippen molar-refractivity contribution in [3.05, 3.63) is 46.5 Å². The lowest BCUT2D eigenvalue weighted by atomic mass is 10.1. The quantitative estimate of drug-likeness (QED) is 0.453. The molecule has 2 aromatic rings. The summed E-state index contributed by atoms with van der Waals surface area (Å²) in [6.45, 7) is 1.50. The van der Waals surface area contributed by atoms with Gasteiger partial charge in [0, 0.05) is 11.4 Å². The third kappa shape index (κ3) is 3.19. The van der Waals surface area contributed by atoms with E-state index >= 15 is 0 Å². The third-order valence-corrected chi connectivity index (χ3v) is 3.60. The van der Waals surface area contributed by atoms with E-state index in [0.717, 1.165) is 17.0 Å². The van der Waals surface area contributed by atoms with Gasteiger partial charge in [-0.05, 0) is 19.1 Å². The van der Waals surface area contributed by atoms with E-state index in [2.05, 4.69) is 10.3 Å². The average Bonchev–Trinajstić information content (AvgIpc) is 2.81. The number of nitrogens with zero attached hydrogens (tertiary/aromatic N) is 2. The number of carbonyl (C=O) groups is 1. The fourth-order valence-electron chi connectivity index (χ4n) is 1.62. The minimum atomic E-state index is -0.506. The van der Waals surface area contributed by atoms with E-state index in [1.54, 1.807) is 6.07 Å². The molecule has 0 aliphatic heterocycles. The van der Waals surface area contributed by atoms with E-state index in [0.29, 0.717) is 5.13 Å². The van der Waals surface area contributed by atoms with Crippen molar-refractivity contribution in [1.82, 2.24) is 4.98 Å². The van der Waals surface area contributed by atoms with Crippen molar-refractivity contribution in [2.24, 2.45) is 5.73 Å². The molecule has 6 nitrogen and oxygen atoms in total. The molecule has 2 rings (SSSR count). The van der Waals surface area contributed by atoms with Crippen LogP contribution in [0.4, 0.5) is 16.6 Å². The number of nitriles is 1. The van der Waals surface area contributed by atoms with E-state index in [9.17, 15) is 4.79 Å². The van der Waals surface area contributed by atoms with Crippen LogP contribution in [0.25, 0.3) is 0 Å². The lowest BCUT2D eigenvalue weighted by Gasteiger charge is -2.00. The molecular weight excluding hydrogens is 286 g/mol. The molecule has 0 bridgehead atoms. The zero-order valence-corrected chi connectivity index (χ0v) is 12.1. The molecule has 0 aliphatic rings. The fraction of sp³-hybridized carbons (Fsp3) is 0.0714. The van der Waals surface area contributed by atoms with Crippen LogP contribution in [0.1, 0.15) is 16.6 Å². The first-order chi connectivity index (χ1) is 10.0. The minimum Gasteiger partial charge on any atom is -0.401 e. The molecule has 0 spiro atoms. The van der Waals surface area contributed by atoms with Crippen molar-refractivity contribution in [3.8, 4) is 6.07 Å². The maximum Gasteiger partial charge on any atom is 0.219 e. The molecule has 0 saturated heterocycles. The van der Waals surface area contributed by atoms with Crippen LogP contribution in [-0.4, -0.2) is 10.8 Å². The van der Waals surface area contributed by atoms with Crippen LogP contribution >= 0.6 is 11.3 Å². The second-order valence-electron chi connectivity index (χ2n) is 4.22. The number of rotatable bonds is 4. The molecule has 1 aromatic carbocycles. The normalized spacial score (nSPS) is 11.4. The van der Waals surface area contributed by atoms with Gasteiger partial charge in [0.15, 0.2) is 5.13 Å². The van der Waals surface area contributed by atoms with Gasteiger partial charge < -0.3 is 16.8 Å². The molecular formula is C14H13N5OS. The van der Waals surface area contributed by atoms with E-state index in [4.69, 9.17) is 16.7 Å². The molecule has 0 unspecified atom stereocenters. The summed E-state index contributed by atoms with van der Waals surface area (Å²) in [6.07, 6.45) is 0. The maximum atomic E-state index is 12.2. The topological polar surface area (TPSA) is 118 Å². The molecule has 1 aromatic heterocycles. The number of nitrogens with two attached hydrogens (primary N) is 2. The number of ketones is 1. The Hall–Kier alpha value is -2.85. The van der Waals surface area contributed by atoms with Crippen LogP contribution < -0.4 is 16.8 Å². The van der Waals surface area contributed by atoms with Crippen molar-refractivity contribution >= 4 is 33.8 Å². The largest absolute Gasteiger partial charge is 0.401 e. The summed E-state index contributed by atoms with van der Waals surface area (Å²) in [5, 5.41) is 12.5. The molecule has 0 amide bonds. The standard InChI is InChI=1S/C14H13N5OS/c1-8(16)10(7-15)11(20)12-13(17)19-14(21-12)18-9-5-3-2-4-6-9/h2-6H,16-17H2,1H3,(H,18,19)/b10-8-. The Morgan fingerprint density at radius 1 is 1.38 bits per heavy atom. The van der Waals surface area contributed by atoms with E-state index < -0.39 is 5.78 Å². The van der Waals surface area contributed by atoms with Gasteiger partial charge in [0.1, 0.15) is 22.3 Å². The van der Waals surface area contributed by atoms with Gasteiger partial charge in [-0.15, -0.1) is 0 Å². The number of hydrogen-bond acceptors (Lipinski definition) is 7. The number of hydrogen-bond donors (Lipinski definition) is 3. The first-order valence-corrected chi connectivity index (χ1v) is 6.84. The molecule has 7 heteroatoms. The molecule has 21 heavy (non-hydrogen) atoms. The highest BCUT2D eigenvalue weighted by molar-refractivity contribution is 7.18. The SMILES string of the molecule is C/C(N)=C(\C#N)C(=O)c1sc(Nc2ccccc2)nc1N. The number of nitrogen functional groups attached to an aromatic ring is 1. The summed E-state index contributed by atoms with van der Waals surface area (Å²) in [4.78, 5) is 16.5.